The number of H-pyrrole nitrogens is 1. The number of nitrogens with zero attached hydrogens (tertiary/aromatic N) is 4. The Balaban J connectivity index is 1.70. The molecule has 2 saturated heterocycles. The molecule has 2 aliphatic heterocycles. The minimum atomic E-state index is -4.59. The summed E-state index contributed by atoms with van der Waals surface area (Å²) in [6.07, 6.45) is -2.67. The summed E-state index contributed by atoms with van der Waals surface area (Å²) < 4.78 is 53.5. The minimum Gasteiger partial charge on any atom is -0.444 e. The summed E-state index contributed by atoms with van der Waals surface area (Å²) in [6, 6.07) is 0. The summed E-state index contributed by atoms with van der Waals surface area (Å²) in [5.74, 6) is -2.72. The highest BCUT2D eigenvalue weighted by atomic mass is 19.4. The molecule has 0 saturated carbocycles. The van der Waals surface area contributed by atoms with Gasteiger partial charge in [-0.05, 0) is 33.6 Å². The number of rotatable bonds is 2. The van der Waals surface area contributed by atoms with E-state index in [1.54, 1.807) is 20.8 Å². The Morgan fingerprint density at radius 2 is 1.91 bits per heavy atom. The number of amides is 1. The maximum absolute atomic E-state index is 13.9. The van der Waals surface area contributed by atoms with Gasteiger partial charge in [-0.15, -0.1) is 0 Å². The van der Waals surface area contributed by atoms with Crippen molar-refractivity contribution in [3.05, 3.63) is 28.2 Å². The van der Waals surface area contributed by atoms with Gasteiger partial charge in [0.1, 0.15) is 17.2 Å². The quantitative estimate of drug-likeness (QED) is 0.744. The molecular weight excluding hydrogens is 431 g/mol. The molecule has 1 N–H and O–H groups in total. The average Bonchev–Trinajstić information content (AvgIpc) is 3.32. The number of halogens is 3. The third-order valence-corrected chi connectivity index (χ3v) is 5.78. The second kappa shape index (κ2) is 8.05. The molecule has 2 fully saturated rings. The fraction of sp³-hybridized carbons (Fsp3) is 0.700. The van der Waals surface area contributed by atoms with E-state index in [0.717, 1.165) is 4.90 Å². The van der Waals surface area contributed by atoms with Crippen LogP contribution in [0.5, 0.6) is 0 Å². The van der Waals surface area contributed by atoms with Gasteiger partial charge in [-0.2, -0.15) is 18.3 Å². The van der Waals surface area contributed by atoms with E-state index >= 15 is 0 Å². The van der Waals surface area contributed by atoms with Crippen molar-refractivity contribution in [2.45, 2.75) is 57.2 Å². The zero-order valence-electron chi connectivity index (χ0n) is 18.1. The Morgan fingerprint density at radius 1 is 1.22 bits per heavy atom. The van der Waals surface area contributed by atoms with E-state index in [1.165, 1.54) is 10.7 Å². The van der Waals surface area contributed by atoms with Crippen molar-refractivity contribution in [3.63, 3.8) is 0 Å². The number of fused-ring (bicyclic) bond motifs is 1. The number of hydrogen-bond donors (Lipinski definition) is 1. The van der Waals surface area contributed by atoms with Crippen LogP contribution in [0.15, 0.2) is 11.0 Å². The zero-order chi connectivity index (χ0) is 23.3. The van der Waals surface area contributed by atoms with Gasteiger partial charge >= 0.3 is 12.3 Å². The number of carbonyl (C=O) groups excluding carboxylic acids is 1. The molecule has 0 aliphatic carbocycles. The summed E-state index contributed by atoms with van der Waals surface area (Å²) >= 11 is 0. The average molecular weight is 457 g/mol. The van der Waals surface area contributed by atoms with Crippen LogP contribution in [0.4, 0.5) is 18.0 Å². The summed E-state index contributed by atoms with van der Waals surface area (Å²) in [6.45, 7) is 5.17. The zero-order valence-corrected chi connectivity index (χ0v) is 18.1. The van der Waals surface area contributed by atoms with E-state index in [0.29, 0.717) is 31.9 Å². The summed E-state index contributed by atoms with van der Waals surface area (Å²) in [7, 11) is 0. The van der Waals surface area contributed by atoms with Gasteiger partial charge < -0.3 is 19.4 Å². The Bertz CT molecular complexity index is 1050. The van der Waals surface area contributed by atoms with Crippen molar-refractivity contribution in [1.82, 2.24) is 24.5 Å². The molecule has 0 bridgehead atoms. The van der Waals surface area contributed by atoms with E-state index in [-0.39, 0.29) is 23.8 Å². The van der Waals surface area contributed by atoms with Crippen molar-refractivity contribution >= 4 is 11.6 Å². The summed E-state index contributed by atoms with van der Waals surface area (Å²) in [5.41, 5.74) is -1.25. The van der Waals surface area contributed by atoms with Crippen LogP contribution in [-0.4, -0.2) is 68.7 Å². The first kappa shape index (κ1) is 22.6. The second-order valence-corrected chi connectivity index (χ2v) is 9.28. The molecule has 12 heteroatoms. The number of hydrogen-bond acceptors (Lipinski definition) is 6. The molecule has 1 amide bonds. The Morgan fingerprint density at radius 3 is 2.53 bits per heavy atom. The standard InChI is InChI=1S/C20H26F3N5O4/c1-19(2,3)32-18(30)27-9-12(13(10-27)20(21,22)23)15-25-17(29)14-8-24-16(28(14)26-15)11-4-6-31-7-5-11/h8,11-13H,4-7,9-10H2,1-3H3,(H,25,26,29). The summed E-state index contributed by atoms with van der Waals surface area (Å²) in [5, 5.41) is 4.36. The molecule has 176 valence electrons. The molecule has 0 spiro atoms. The van der Waals surface area contributed by atoms with E-state index in [9.17, 15) is 22.8 Å². The minimum absolute atomic E-state index is 0.00588. The van der Waals surface area contributed by atoms with Crippen molar-refractivity contribution < 1.29 is 27.4 Å². The lowest BCUT2D eigenvalue weighted by Crippen LogP contribution is -2.36. The molecule has 4 rings (SSSR count). The van der Waals surface area contributed by atoms with Gasteiger partial charge in [0, 0.05) is 38.1 Å². The van der Waals surface area contributed by atoms with Gasteiger partial charge in [-0.3, -0.25) is 4.79 Å². The molecular formula is C20H26F3N5O4. The molecule has 2 aromatic heterocycles. The first-order valence-electron chi connectivity index (χ1n) is 10.5. The number of aromatic amines is 1. The topological polar surface area (TPSA) is 102 Å². The monoisotopic (exact) mass is 457 g/mol. The predicted octanol–water partition coefficient (Wildman–Crippen LogP) is 2.82. The molecule has 2 unspecified atom stereocenters. The molecule has 0 radical (unpaired) electrons. The van der Waals surface area contributed by atoms with E-state index in [4.69, 9.17) is 9.47 Å². The number of likely N-dealkylation sites (tertiary alicyclic amines) is 1. The normalized spacial score (nSPS) is 23.1. The maximum Gasteiger partial charge on any atom is 0.410 e. The highest BCUT2D eigenvalue weighted by molar-refractivity contribution is 5.68. The van der Waals surface area contributed by atoms with Gasteiger partial charge in [-0.25, -0.2) is 14.3 Å². The lowest BCUT2D eigenvalue weighted by atomic mass is 9.95. The third kappa shape index (κ3) is 4.45. The van der Waals surface area contributed by atoms with Gasteiger partial charge in [-0.1, -0.05) is 0 Å². The second-order valence-electron chi connectivity index (χ2n) is 9.28. The number of aromatic nitrogens is 4. The number of ether oxygens (including phenoxy) is 2. The van der Waals surface area contributed by atoms with E-state index in [2.05, 4.69) is 15.1 Å². The van der Waals surface area contributed by atoms with Crippen molar-refractivity contribution in [1.29, 1.82) is 0 Å². The van der Waals surface area contributed by atoms with Crippen LogP contribution >= 0.6 is 0 Å². The number of alkyl halides is 3. The first-order chi connectivity index (χ1) is 14.9. The highest BCUT2D eigenvalue weighted by Gasteiger charge is 2.53. The Kier molecular flexibility index (Phi) is 5.68. The van der Waals surface area contributed by atoms with Gasteiger partial charge in [0.05, 0.1) is 12.1 Å². The Hall–Kier alpha value is -2.63. The maximum atomic E-state index is 13.9. The lowest BCUT2D eigenvalue weighted by molar-refractivity contribution is -0.174. The first-order valence-corrected chi connectivity index (χ1v) is 10.5. The number of imidazole rings is 1. The molecule has 4 heterocycles. The van der Waals surface area contributed by atoms with Crippen LogP contribution in [0.25, 0.3) is 5.52 Å². The van der Waals surface area contributed by atoms with Crippen LogP contribution in [-0.2, 0) is 9.47 Å². The molecule has 32 heavy (non-hydrogen) atoms. The number of carbonyl (C=O) groups is 1. The van der Waals surface area contributed by atoms with Gasteiger partial charge in [0.2, 0.25) is 0 Å². The van der Waals surface area contributed by atoms with Crippen molar-refractivity contribution in [2.75, 3.05) is 26.3 Å². The predicted molar refractivity (Wildman–Crippen MR) is 106 cm³/mol. The van der Waals surface area contributed by atoms with Crippen LogP contribution in [0, 0.1) is 5.92 Å². The largest absolute Gasteiger partial charge is 0.444 e. The smallest absolute Gasteiger partial charge is 0.410 e. The third-order valence-electron chi connectivity index (χ3n) is 5.78. The number of nitrogens with one attached hydrogen (secondary N) is 1. The molecule has 2 aliphatic rings. The lowest BCUT2D eigenvalue weighted by Gasteiger charge is -2.24. The highest BCUT2D eigenvalue weighted by Crippen LogP contribution is 2.42. The fourth-order valence-electron chi connectivity index (χ4n) is 4.22. The van der Waals surface area contributed by atoms with Crippen molar-refractivity contribution in [2.24, 2.45) is 5.92 Å². The van der Waals surface area contributed by atoms with Crippen LogP contribution in [0.2, 0.25) is 0 Å². The van der Waals surface area contributed by atoms with E-state index < -0.39 is 41.8 Å². The van der Waals surface area contributed by atoms with Crippen LogP contribution < -0.4 is 5.56 Å². The molecule has 0 aromatic carbocycles. The van der Waals surface area contributed by atoms with Crippen molar-refractivity contribution in [3.8, 4) is 0 Å². The molecule has 2 aromatic rings. The van der Waals surface area contributed by atoms with Gasteiger partial charge in [0.25, 0.3) is 5.56 Å². The molecule has 9 nitrogen and oxygen atoms in total. The van der Waals surface area contributed by atoms with E-state index in [1.807, 2.05) is 0 Å². The molecule has 2 atom stereocenters. The van der Waals surface area contributed by atoms with Gasteiger partial charge in [0.15, 0.2) is 5.52 Å². The van der Waals surface area contributed by atoms with Crippen LogP contribution in [0.1, 0.15) is 57.1 Å². The summed E-state index contributed by atoms with van der Waals surface area (Å²) in [4.78, 5) is 32.9. The van der Waals surface area contributed by atoms with Crippen LogP contribution in [0.3, 0.4) is 0 Å². The fourth-order valence-corrected chi connectivity index (χ4v) is 4.22. The SMILES string of the molecule is CC(C)(C)OC(=O)N1CC(c2nn3c(C4CCOCC4)ncc3c(=O)[nH]2)C(C(F)(F)F)C1. The Labute approximate surface area is 181 Å².